The maximum absolute atomic E-state index is 13.2. The third-order valence-electron chi connectivity index (χ3n) is 4.94. The first-order valence-electron chi connectivity index (χ1n) is 9.28. The van der Waals surface area contributed by atoms with Gasteiger partial charge in [-0.3, -0.25) is 4.79 Å². The third-order valence-corrected chi connectivity index (χ3v) is 6.80. The first kappa shape index (κ1) is 19.7. The Labute approximate surface area is 169 Å². The number of morpholine rings is 1. The molecule has 1 saturated heterocycles. The van der Waals surface area contributed by atoms with Gasteiger partial charge in [-0.1, -0.05) is 18.2 Å². The van der Waals surface area contributed by atoms with Crippen molar-refractivity contribution in [1.82, 2.24) is 4.31 Å². The van der Waals surface area contributed by atoms with E-state index in [0.717, 1.165) is 0 Å². The van der Waals surface area contributed by atoms with Crippen LogP contribution in [-0.4, -0.2) is 64.7 Å². The Bertz CT molecular complexity index is 995. The Morgan fingerprint density at radius 3 is 2.76 bits per heavy atom. The largest absolute Gasteiger partial charge is 0.491 e. The standard InChI is InChI=1S/C20H22N2O6S/c1-21-18-11-17(7-8-19(18)28-14-20(21)23)29(24,25)22-9-10-26-16(12-22)13-27-15-5-3-2-4-6-15/h2-8,11,16H,9-10,12-14H2,1H3. The van der Waals surface area contributed by atoms with Gasteiger partial charge in [0.15, 0.2) is 6.61 Å². The highest BCUT2D eigenvalue weighted by molar-refractivity contribution is 7.89. The number of fused-ring (bicyclic) bond motifs is 1. The topological polar surface area (TPSA) is 85.4 Å². The molecule has 2 aliphatic heterocycles. The molecule has 0 radical (unpaired) electrons. The van der Waals surface area contributed by atoms with Gasteiger partial charge in [-0.15, -0.1) is 0 Å². The van der Waals surface area contributed by atoms with Crippen LogP contribution >= 0.6 is 0 Å². The van der Waals surface area contributed by atoms with Gasteiger partial charge < -0.3 is 19.1 Å². The molecule has 29 heavy (non-hydrogen) atoms. The van der Waals surface area contributed by atoms with Gasteiger partial charge in [0, 0.05) is 20.1 Å². The van der Waals surface area contributed by atoms with Crippen LogP contribution in [0.4, 0.5) is 5.69 Å². The number of rotatable bonds is 5. The second-order valence-corrected chi connectivity index (χ2v) is 8.79. The summed E-state index contributed by atoms with van der Waals surface area (Å²) in [5, 5.41) is 0. The summed E-state index contributed by atoms with van der Waals surface area (Å²) < 4.78 is 44.5. The fourth-order valence-electron chi connectivity index (χ4n) is 3.28. The van der Waals surface area contributed by atoms with Gasteiger partial charge in [0.05, 0.1) is 17.2 Å². The van der Waals surface area contributed by atoms with Crippen molar-refractivity contribution in [2.24, 2.45) is 0 Å². The van der Waals surface area contributed by atoms with Crippen molar-refractivity contribution in [3.8, 4) is 11.5 Å². The number of likely N-dealkylation sites (N-methyl/N-ethyl adjacent to an activating group) is 1. The molecule has 1 fully saturated rings. The molecule has 4 rings (SSSR count). The van der Waals surface area contributed by atoms with E-state index in [0.29, 0.717) is 17.2 Å². The molecule has 0 bridgehead atoms. The van der Waals surface area contributed by atoms with Gasteiger partial charge in [-0.05, 0) is 30.3 Å². The van der Waals surface area contributed by atoms with E-state index in [1.165, 1.54) is 21.3 Å². The molecule has 154 valence electrons. The normalized spacial score (nSPS) is 20.1. The summed E-state index contributed by atoms with van der Waals surface area (Å²) in [6, 6.07) is 13.9. The Kier molecular flexibility index (Phi) is 5.44. The van der Waals surface area contributed by atoms with E-state index in [9.17, 15) is 13.2 Å². The lowest BCUT2D eigenvalue weighted by atomic mass is 10.2. The van der Waals surface area contributed by atoms with Crippen LogP contribution in [0, 0.1) is 0 Å². The van der Waals surface area contributed by atoms with E-state index in [4.69, 9.17) is 14.2 Å². The van der Waals surface area contributed by atoms with Crippen LogP contribution in [0.2, 0.25) is 0 Å². The molecule has 0 aliphatic carbocycles. The van der Waals surface area contributed by atoms with Crippen molar-refractivity contribution in [2.45, 2.75) is 11.0 Å². The van der Waals surface area contributed by atoms with Crippen molar-refractivity contribution in [3.05, 3.63) is 48.5 Å². The maximum atomic E-state index is 13.2. The summed E-state index contributed by atoms with van der Waals surface area (Å²) in [7, 11) is -2.15. The molecular formula is C20H22N2O6S. The smallest absolute Gasteiger partial charge is 0.264 e. The van der Waals surface area contributed by atoms with Crippen LogP contribution < -0.4 is 14.4 Å². The van der Waals surface area contributed by atoms with Gasteiger partial charge in [0.1, 0.15) is 24.2 Å². The SMILES string of the molecule is CN1C(=O)COc2ccc(S(=O)(=O)N3CCOC(COc4ccccc4)C3)cc21. The molecule has 0 saturated carbocycles. The molecule has 1 unspecified atom stereocenters. The molecular weight excluding hydrogens is 396 g/mol. The van der Waals surface area contributed by atoms with Crippen LogP contribution in [0.25, 0.3) is 0 Å². The van der Waals surface area contributed by atoms with Crippen molar-refractivity contribution >= 4 is 21.6 Å². The Morgan fingerprint density at radius 2 is 1.97 bits per heavy atom. The lowest BCUT2D eigenvalue weighted by Crippen LogP contribution is -2.47. The summed E-state index contributed by atoms with van der Waals surface area (Å²) in [5.74, 6) is 0.970. The fraction of sp³-hybridized carbons (Fsp3) is 0.350. The monoisotopic (exact) mass is 418 g/mol. The van der Waals surface area contributed by atoms with E-state index >= 15 is 0 Å². The second kappa shape index (κ2) is 8.02. The molecule has 9 heteroatoms. The third kappa shape index (κ3) is 4.07. The molecule has 0 aromatic heterocycles. The van der Waals surface area contributed by atoms with Crippen molar-refractivity contribution in [3.63, 3.8) is 0 Å². The summed E-state index contributed by atoms with van der Waals surface area (Å²) in [6.07, 6.45) is -0.371. The maximum Gasteiger partial charge on any atom is 0.264 e. The van der Waals surface area contributed by atoms with Crippen molar-refractivity contribution in [1.29, 1.82) is 0 Å². The number of hydrogen-bond donors (Lipinski definition) is 0. The first-order valence-corrected chi connectivity index (χ1v) is 10.7. The number of ether oxygens (including phenoxy) is 3. The van der Waals surface area contributed by atoms with E-state index in [2.05, 4.69) is 0 Å². The van der Waals surface area contributed by atoms with E-state index in [1.807, 2.05) is 30.3 Å². The number of para-hydroxylation sites is 1. The van der Waals surface area contributed by atoms with E-state index < -0.39 is 10.0 Å². The Balaban J connectivity index is 1.49. The highest BCUT2D eigenvalue weighted by atomic mass is 32.2. The highest BCUT2D eigenvalue weighted by Gasteiger charge is 2.33. The minimum Gasteiger partial charge on any atom is -0.491 e. The zero-order valence-electron chi connectivity index (χ0n) is 16.0. The minimum absolute atomic E-state index is 0.0534. The van der Waals surface area contributed by atoms with Crippen molar-refractivity contribution in [2.75, 3.05) is 44.9 Å². The van der Waals surface area contributed by atoms with Crippen LogP contribution in [0.1, 0.15) is 0 Å². The average molecular weight is 418 g/mol. The summed E-state index contributed by atoms with van der Waals surface area (Å²) in [5.41, 5.74) is 0.444. The van der Waals surface area contributed by atoms with Crippen LogP contribution in [0.5, 0.6) is 11.5 Å². The summed E-state index contributed by atoms with van der Waals surface area (Å²) in [4.78, 5) is 13.4. The van der Waals surface area contributed by atoms with E-state index in [-0.39, 0.29) is 49.8 Å². The molecule has 8 nitrogen and oxygen atoms in total. The highest BCUT2D eigenvalue weighted by Crippen LogP contribution is 2.34. The molecule has 2 aromatic carbocycles. The molecule has 0 spiro atoms. The first-order chi connectivity index (χ1) is 13.9. The molecule has 1 amide bonds. The number of anilines is 1. The van der Waals surface area contributed by atoms with Gasteiger partial charge in [-0.25, -0.2) is 8.42 Å². The average Bonchev–Trinajstić information content (AvgIpc) is 2.75. The number of sulfonamides is 1. The lowest BCUT2D eigenvalue weighted by molar-refractivity contribution is -0.120. The van der Waals surface area contributed by atoms with Gasteiger partial charge in [-0.2, -0.15) is 4.31 Å². The number of nitrogens with zero attached hydrogens (tertiary/aromatic N) is 2. The molecule has 2 heterocycles. The van der Waals surface area contributed by atoms with Crippen molar-refractivity contribution < 1.29 is 27.4 Å². The molecule has 2 aliphatic rings. The predicted molar refractivity (Wildman–Crippen MR) is 106 cm³/mol. The van der Waals surface area contributed by atoms with Gasteiger partial charge >= 0.3 is 0 Å². The number of amides is 1. The zero-order chi connectivity index (χ0) is 20.4. The van der Waals surface area contributed by atoms with E-state index in [1.54, 1.807) is 13.1 Å². The number of benzene rings is 2. The minimum atomic E-state index is -3.75. The lowest BCUT2D eigenvalue weighted by Gasteiger charge is -2.32. The fourth-order valence-corrected chi connectivity index (χ4v) is 4.75. The Morgan fingerprint density at radius 1 is 1.17 bits per heavy atom. The molecule has 0 N–H and O–H groups in total. The number of carbonyl (C=O) groups excluding carboxylic acids is 1. The van der Waals surface area contributed by atoms with Gasteiger partial charge in [0.2, 0.25) is 10.0 Å². The predicted octanol–water partition coefficient (Wildman–Crippen LogP) is 1.51. The second-order valence-electron chi connectivity index (χ2n) is 6.85. The zero-order valence-corrected chi connectivity index (χ0v) is 16.8. The number of hydrogen-bond acceptors (Lipinski definition) is 6. The quantitative estimate of drug-likeness (QED) is 0.732. The van der Waals surface area contributed by atoms with Crippen LogP contribution in [0.15, 0.2) is 53.4 Å². The van der Waals surface area contributed by atoms with Gasteiger partial charge in [0.25, 0.3) is 5.91 Å². The molecule has 1 atom stereocenters. The van der Waals surface area contributed by atoms with Crippen LogP contribution in [0.3, 0.4) is 0 Å². The number of carbonyl (C=O) groups is 1. The summed E-state index contributed by atoms with van der Waals surface area (Å²) >= 11 is 0. The van der Waals surface area contributed by atoms with Crippen LogP contribution in [-0.2, 0) is 19.6 Å². The molecule has 2 aromatic rings. The summed E-state index contributed by atoms with van der Waals surface area (Å²) in [6.45, 7) is 0.936. The Hall–Kier alpha value is -2.62.